The second-order valence-electron chi connectivity index (χ2n) is 3.90. The van der Waals surface area contributed by atoms with E-state index in [2.05, 4.69) is 17.2 Å². The number of benzene rings is 1. The maximum absolute atomic E-state index is 11.5. The Labute approximate surface area is 119 Å². The average molecular weight is 299 g/mol. The van der Waals surface area contributed by atoms with E-state index in [9.17, 15) is 8.42 Å². The fourth-order valence-corrected chi connectivity index (χ4v) is 2.01. The molecule has 0 atom stereocenters. The van der Waals surface area contributed by atoms with Crippen LogP contribution in [0.4, 0.5) is 11.4 Å². The van der Waals surface area contributed by atoms with Crippen molar-refractivity contribution in [3.63, 3.8) is 0 Å². The Bertz CT molecular complexity index is 570. The zero-order valence-electron chi connectivity index (χ0n) is 10.9. The van der Waals surface area contributed by atoms with Crippen LogP contribution in [0, 0.1) is 0 Å². The van der Waals surface area contributed by atoms with Gasteiger partial charge in [-0.1, -0.05) is 12.1 Å². The predicted octanol–water partition coefficient (Wildman–Crippen LogP) is 1.55. The molecule has 0 amide bonds. The maximum atomic E-state index is 11.5. The van der Waals surface area contributed by atoms with Crippen molar-refractivity contribution in [2.75, 3.05) is 29.5 Å². The van der Waals surface area contributed by atoms with E-state index >= 15 is 0 Å². The monoisotopic (exact) mass is 299 g/mol. The van der Waals surface area contributed by atoms with Crippen LogP contribution in [-0.2, 0) is 10.0 Å². The third kappa shape index (κ3) is 4.88. The topological polar surface area (TPSA) is 61.4 Å². The van der Waals surface area contributed by atoms with Crippen molar-refractivity contribution < 1.29 is 8.42 Å². The van der Waals surface area contributed by atoms with E-state index in [1.165, 1.54) is 11.4 Å². The van der Waals surface area contributed by atoms with Crippen molar-refractivity contribution in [2.45, 2.75) is 0 Å². The first kappa shape index (κ1) is 15.5. The molecule has 0 saturated carbocycles. The van der Waals surface area contributed by atoms with E-state index in [-0.39, 0.29) is 0 Å². The van der Waals surface area contributed by atoms with Crippen molar-refractivity contribution in [2.24, 2.45) is 0 Å². The normalized spacial score (nSPS) is 10.6. The summed E-state index contributed by atoms with van der Waals surface area (Å²) in [6.07, 6.45) is 2.85. The van der Waals surface area contributed by atoms with E-state index in [1.54, 1.807) is 24.3 Å². The fraction of sp³-hybridized carbons (Fsp3) is 0.250. The Morgan fingerprint density at radius 3 is 2.79 bits per heavy atom. The second-order valence-corrected chi connectivity index (χ2v) is 6.33. The van der Waals surface area contributed by atoms with Crippen molar-refractivity contribution >= 4 is 38.7 Å². The van der Waals surface area contributed by atoms with Crippen molar-refractivity contribution in [1.29, 1.82) is 0 Å². The molecule has 0 unspecified atom stereocenters. The molecule has 104 valence electrons. The number of hydrogen-bond acceptors (Lipinski definition) is 3. The van der Waals surface area contributed by atoms with Gasteiger partial charge in [0.25, 0.3) is 0 Å². The molecule has 0 aliphatic carbocycles. The third-order valence-corrected chi connectivity index (χ3v) is 3.82. The van der Waals surface area contributed by atoms with Gasteiger partial charge in [-0.3, -0.25) is 4.31 Å². The van der Waals surface area contributed by atoms with E-state index in [0.29, 0.717) is 17.3 Å². The number of rotatable bonds is 5. The minimum absolute atomic E-state index is 0.457. The molecule has 2 N–H and O–H groups in total. The zero-order valence-corrected chi connectivity index (χ0v) is 12.5. The molecule has 1 rings (SSSR count). The molecule has 0 aliphatic rings. The van der Waals surface area contributed by atoms with Gasteiger partial charge in [0.2, 0.25) is 10.0 Å². The zero-order chi connectivity index (χ0) is 14.5. The maximum Gasteiger partial charge on any atom is 0.231 e. The number of thiocarbonyl (C=S) groups is 1. The Kier molecular flexibility index (Phi) is 5.31. The van der Waals surface area contributed by atoms with E-state index < -0.39 is 10.0 Å². The molecule has 1 aromatic rings. The lowest BCUT2D eigenvalue weighted by molar-refractivity contribution is 0.600. The van der Waals surface area contributed by atoms with Gasteiger partial charge in [0.15, 0.2) is 5.11 Å². The van der Waals surface area contributed by atoms with Crippen LogP contribution >= 0.6 is 12.2 Å². The summed E-state index contributed by atoms with van der Waals surface area (Å²) in [7, 11) is -1.77. The molecule has 5 nitrogen and oxygen atoms in total. The molecule has 7 heteroatoms. The van der Waals surface area contributed by atoms with Crippen LogP contribution in [-0.4, -0.2) is 33.4 Å². The van der Waals surface area contributed by atoms with Crippen LogP contribution in [0.15, 0.2) is 36.9 Å². The summed E-state index contributed by atoms with van der Waals surface area (Å²) in [4.78, 5) is 0. The number of hydrogen-bond donors (Lipinski definition) is 2. The Morgan fingerprint density at radius 1 is 1.53 bits per heavy atom. The highest BCUT2D eigenvalue weighted by molar-refractivity contribution is 7.92. The smallest absolute Gasteiger partial charge is 0.231 e. The van der Waals surface area contributed by atoms with E-state index in [1.807, 2.05) is 6.07 Å². The largest absolute Gasteiger partial charge is 0.359 e. The minimum atomic E-state index is -3.27. The first-order chi connectivity index (χ1) is 8.84. The van der Waals surface area contributed by atoms with E-state index in [4.69, 9.17) is 12.2 Å². The SMILES string of the molecule is C=CCNC(=S)Nc1cccc(N(C)S(C)(=O)=O)c1. The quantitative estimate of drug-likeness (QED) is 0.638. The summed E-state index contributed by atoms with van der Waals surface area (Å²) in [6, 6.07) is 6.99. The molecule has 0 fully saturated rings. The first-order valence-electron chi connectivity index (χ1n) is 5.54. The van der Waals surface area contributed by atoms with Crippen LogP contribution in [0.5, 0.6) is 0 Å². The van der Waals surface area contributed by atoms with Gasteiger partial charge in [-0.15, -0.1) is 6.58 Å². The van der Waals surface area contributed by atoms with Crippen molar-refractivity contribution in [3.8, 4) is 0 Å². The van der Waals surface area contributed by atoms with Crippen LogP contribution in [0.2, 0.25) is 0 Å². The standard InChI is InChI=1S/C12H17N3O2S2/c1-4-8-13-12(18)14-10-6-5-7-11(9-10)15(2)19(3,16)17/h4-7,9H,1,8H2,2-3H3,(H2,13,14,18). The number of anilines is 2. The number of nitrogens with zero attached hydrogens (tertiary/aromatic N) is 1. The minimum Gasteiger partial charge on any atom is -0.359 e. The van der Waals surface area contributed by atoms with Crippen molar-refractivity contribution in [3.05, 3.63) is 36.9 Å². The summed E-state index contributed by atoms with van der Waals surface area (Å²) in [5, 5.41) is 6.36. The van der Waals surface area contributed by atoms with Gasteiger partial charge in [-0.25, -0.2) is 8.42 Å². The van der Waals surface area contributed by atoms with Gasteiger partial charge in [0, 0.05) is 19.3 Å². The number of nitrogens with one attached hydrogen (secondary N) is 2. The van der Waals surface area contributed by atoms with Gasteiger partial charge in [-0.05, 0) is 30.4 Å². The lowest BCUT2D eigenvalue weighted by Gasteiger charge is -2.18. The molecule has 19 heavy (non-hydrogen) atoms. The molecular formula is C12H17N3O2S2. The molecule has 0 bridgehead atoms. The first-order valence-corrected chi connectivity index (χ1v) is 7.80. The summed E-state index contributed by atoms with van der Waals surface area (Å²) in [5.41, 5.74) is 1.29. The van der Waals surface area contributed by atoms with Crippen LogP contribution in [0.3, 0.4) is 0 Å². The van der Waals surface area contributed by atoms with Gasteiger partial charge < -0.3 is 10.6 Å². The van der Waals surface area contributed by atoms with Gasteiger partial charge in [0.1, 0.15) is 0 Å². The fourth-order valence-electron chi connectivity index (χ4n) is 1.31. The third-order valence-electron chi connectivity index (χ3n) is 2.37. The van der Waals surface area contributed by atoms with Crippen LogP contribution < -0.4 is 14.9 Å². The predicted molar refractivity (Wildman–Crippen MR) is 84.1 cm³/mol. The Morgan fingerprint density at radius 2 is 2.21 bits per heavy atom. The Balaban J connectivity index is 2.83. The van der Waals surface area contributed by atoms with Crippen LogP contribution in [0.1, 0.15) is 0 Å². The molecule has 0 spiro atoms. The molecule has 0 saturated heterocycles. The Hall–Kier alpha value is -1.60. The summed E-state index contributed by atoms with van der Waals surface area (Å²) < 4.78 is 24.1. The second kappa shape index (κ2) is 6.53. The molecule has 0 aliphatic heterocycles. The molecular weight excluding hydrogens is 282 g/mol. The summed E-state index contributed by atoms with van der Waals surface area (Å²) in [6.45, 7) is 4.15. The van der Waals surface area contributed by atoms with Crippen molar-refractivity contribution in [1.82, 2.24) is 5.32 Å². The molecule has 0 aromatic heterocycles. The van der Waals surface area contributed by atoms with E-state index in [0.717, 1.165) is 11.9 Å². The highest BCUT2D eigenvalue weighted by Gasteiger charge is 2.12. The molecule has 0 heterocycles. The van der Waals surface area contributed by atoms with Crippen LogP contribution in [0.25, 0.3) is 0 Å². The lowest BCUT2D eigenvalue weighted by Crippen LogP contribution is -2.28. The lowest BCUT2D eigenvalue weighted by atomic mass is 10.3. The summed E-state index contributed by atoms with van der Waals surface area (Å²) in [5.74, 6) is 0. The highest BCUT2D eigenvalue weighted by atomic mass is 32.2. The molecule has 0 radical (unpaired) electrons. The molecule has 1 aromatic carbocycles. The summed E-state index contributed by atoms with van der Waals surface area (Å²) >= 11 is 5.08. The average Bonchev–Trinajstić information content (AvgIpc) is 2.34. The van der Waals surface area contributed by atoms with Gasteiger partial charge >= 0.3 is 0 Å². The van der Waals surface area contributed by atoms with Gasteiger partial charge in [0.05, 0.1) is 11.9 Å². The highest BCUT2D eigenvalue weighted by Crippen LogP contribution is 2.20. The van der Waals surface area contributed by atoms with Gasteiger partial charge in [-0.2, -0.15) is 0 Å². The number of sulfonamides is 1.